The Bertz CT molecular complexity index is 1770. The number of rotatable bonds is 3. The molecule has 6 aromatic rings. The number of aromatic nitrogens is 5. The lowest BCUT2D eigenvalue weighted by Crippen LogP contribution is -2.06. The molecule has 0 amide bonds. The zero-order chi connectivity index (χ0) is 24.4. The second-order valence-corrected chi connectivity index (χ2v) is 9.14. The monoisotopic (exact) mass is 459 g/mol. The number of hydrogen-bond donors (Lipinski definition) is 0. The summed E-state index contributed by atoms with van der Waals surface area (Å²) >= 11 is 0. The zero-order valence-electron chi connectivity index (χ0n) is 20.4. The highest BCUT2D eigenvalue weighted by Gasteiger charge is 2.21. The zero-order valence-corrected chi connectivity index (χ0v) is 20.4. The molecule has 0 spiro atoms. The van der Waals surface area contributed by atoms with Gasteiger partial charge in [-0.2, -0.15) is 0 Å². The maximum atomic E-state index is 12.2. The minimum atomic E-state index is -0.111. The van der Waals surface area contributed by atoms with Gasteiger partial charge in [-0.05, 0) is 63.1 Å². The van der Waals surface area contributed by atoms with Gasteiger partial charge in [-0.1, -0.05) is 36.4 Å². The van der Waals surface area contributed by atoms with Crippen molar-refractivity contribution in [2.75, 3.05) is 0 Å². The molecule has 0 N–H and O–H groups in total. The van der Waals surface area contributed by atoms with Gasteiger partial charge in [0.25, 0.3) is 0 Å². The van der Waals surface area contributed by atoms with Crippen LogP contribution in [0.4, 0.5) is 0 Å². The van der Waals surface area contributed by atoms with Crippen LogP contribution in [0.1, 0.15) is 40.2 Å². The molecule has 3 heterocycles. The number of carbonyl (C=O) groups excluding carboxylic acids is 1. The van der Waals surface area contributed by atoms with Gasteiger partial charge >= 0.3 is 0 Å². The molecule has 0 fully saturated rings. The van der Waals surface area contributed by atoms with Gasteiger partial charge in [0.1, 0.15) is 22.9 Å². The van der Waals surface area contributed by atoms with Crippen molar-refractivity contribution in [2.45, 2.75) is 34.6 Å². The van der Waals surface area contributed by atoms with Crippen molar-refractivity contribution in [2.24, 2.45) is 0 Å². The number of hydrogen-bond acceptors (Lipinski definition) is 4. The van der Waals surface area contributed by atoms with Crippen LogP contribution in [0, 0.1) is 27.7 Å². The number of fused-ring (bicyclic) bond motifs is 4. The molecule has 0 atom stereocenters. The molecule has 0 aliphatic heterocycles. The lowest BCUT2D eigenvalue weighted by atomic mass is 10.1. The summed E-state index contributed by atoms with van der Waals surface area (Å²) in [5.41, 5.74) is 8.31. The van der Waals surface area contributed by atoms with E-state index in [2.05, 4.69) is 94.0 Å². The van der Waals surface area contributed by atoms with Gasteiger partial charge in [0, 0.05) is 23.4 Å². The number of Topliss-reactive ketones (excluding diaryl/α,β-unsaturated/α-hetero) is 1. The lowest BCUT2D eigenvalue weighted by molar-refractivity contribution is 0.101. The Hall–Kier alpha value is -4.32. The molecule has 0 aliphatic carbocycles. The van der Waals surface area contributed by atoms with Gasteiger partial charge in [0.05, 0.1) is 16.7 Å². The molecule has 35 heavy (non-hydrogen) atoms. The van der Waals surface area contributed by atoms with E-state index in [-0.39, 0.29) is 5.78 Å². The van der Waals surface area contributed by atoms with Crippen LogP contribution in [0.15, 0.2) is 60.7 Å². The predicted octanol–water partition coefficient (Wildman–Crippen LogP) is 6.35. The second kappa shape index (κ2) is 7.60. The Morgan fingerprint density at radius 2 is 1.26 bits per heavy atom. The minimum absolute atomic E-state index is 0.111. The third-order valence-electron chi connectivity index (χ3n) is 6.70. The molecule has 0 bridgehead atoms. The van der Waals surface area contributed by atoms with Crippen LogP contribution in [0.2, 0.25) is 0 Å². The lowest BCUT2D eigenvalue weighted by Gasteiger charge is -2.17. The first-order valence-corrected chi connectivity index (χ1v) is 11.7. The average Bonchev–Trinajstić information content (AvgIpc) is 3.34. The fourth-order valence-electron chi connectivity index (χ4n) is 5.16. The van der Waals surface area contributed by atoms with Gasteiger partial charge in [0.2, 0.25) is 0 Å². The van der Waals surface area contributed by atoms with Crippen molar-refractivity contribution < 1.29 is 4.79 Å². The van der Waals surface area contributed by atoms with E-state index in [4.69, 9.17) is 0 Å². The van der Waals surface area contributed by atoms with Crippen molar-refractivity contribution in [3.05, 3.63) is 89.1 Å². The second-order valence-electron chi connectivity index (χ2n) is 9.14. The molecular formula is C29H25N5O. The molecule has 6 heteroatoms. The smallest absolute Gasteiger partial charge is 0.180 e. The minimum Gasteiger partial charge on any atom is -0.309 e. The van der Waals surface area contributed by atoms with E-state index in [1.54, 1.807) is 0 Å². The van der Waals surface area contributed by atoms with Gasteiger partial charge in [-0.15, -0.1) is 0 Å². The van der Waals surface area contributed by atoms with Crippen LogP contribution < -0.4 is 0 Å². The Balaban J connectivity index is 1.63. The third kappa shape index (κ3) is 3.10. The summed E-state index contributed by atoms with van der Waals surface area (Å²) in [5, 5.41) is 2.48. The number of ketones is 1. The van der Waals surface area contributed by atoms with E-state index in [0.29, 0.717) is 22.7 Å². The summed E-state index contributed by atoms with van der Waals surface area (Å²) in [7, 11) is 0. The van der Waals surface area contributed by atoms with Gasteiger partial charge < -0.3 is 4.57 Å². The summed E-state index contributed by atoms with van der Waals surface area (Å²) in [4.78, 5) is 26.0. The molecule has 6 rings (SSSR count). The van der Waals surface area contributed by atoms with Crippen molar-refractivity contribution in [3.8, 4) is 11.4 Å². The van der Waals surface area contributed by atoms with E-state index >= 15 is 0 Å². The highest BCUT2D eigenvalue weighted by molar-refractivity contribution is 6.09. The molecule has 0 radical (unpaired) electrons. The van der Waals surface area contributed by atoms with Crippen LogP contribution in [0.25, 0.3) is 44.3 Å². The molecule has 3 aromatic heterocycles. The standard InChI is InChI=1S/C29H25N5O/c1-16-15-26(34-23-12-8-6-10-21(23)22-11-7-9-13-24(22)34)17(2)14-25(16)33-20(5)32-28-27(18(3)35)30-19(4)31-29(28)33/h6-15H,1-5H3. The van der Waals surface area contributed by atoms with Crippen LogP contribution in [0.3, 0.4) is 0 Å². The number of carbonyl (C=O) groups is 1. The number of imidazole rings is 1. The van der Waals surface area contributed by atoms with Crippen molar-refractivity contribution in [1.82, 2.24) is 24.1 Å². The normalized spacial score (nSPS) is 11.7. The SMILES string of the molecule is CC(=O)c1nc(C)nc2c1nc(C)n2-c1cc(C)c(-n2c3ccccc3c3ccccc32)cc1C. The first-order valence-electron chi connectivity index (χ1n) is 11.7. The Morgan fingerprint density at radius 1 is 0.714 bits per heavy atom. The molecule has 6 nitrogen and oxygen atoms in total. The summed E-state index contributed by atoms with van der Waals surface area (Å²) < 4.78 is 4.38. The van der Waals surface area contributed by atoms with Crippen molar-refractivity contribution in [1.29, 1.82) is 0 Å². The Kier molecular flexibility index (Phi) is 4.61. The van der Waals surface area contributed by atoms with E-state index in [0.717, 1.165) is 28.3 Å². The highest BCUT2D eigenvalue weighted by Crippen LogP contribution is 2.35. The van der Waals surface area contributed by atoms with Gasteiger partial charge in [0.15, 0.2) is 11.4 Å². The van der Waals surface area contributed by atoms with E-state index in [1.165, 1.54) is 28.7 Å². The van der Waals surface area contributed by atoms with Crippen LogP contribution in [0.5, 0.6) is 0 Å². The summed E-state index contributed by atoms with van der Waals surface area (Å²) in [6, 6.07) is 21.5. The first kappa shape index (κ1) is 21.2. The fourth-order valence-corrected chi connectivity index (χ4v) is 5.16. The predicted molar refractivity (Wildman–Crippen MR) is 140 cm³/mol. The van der Waals surface area contributed by atoms with E-state index in [1.807, 2.05) is 18.4 Å². The first-order chi connectivity index (χ1) is 16.8. The molecule has 0 unspecified atom stereocenters. The maximum Gasteiger partial charge on any atom is 0.180 e. The third-order valence-corrected chi connectivity index (χ3v) is 6.70. The highest BCUT2D eigenvalue weighted by atomic mass is 16.1. The molecular weight excluding hydrogens is 434 g/mol. The number of benzene rings is 3. The quantitative estimate of drug-likeness (QED) is 0.289. The summed E-state index contributed by atoms with van der Waals surface area (Å²) in [6.45, 7) is 9.51. The van der Waals surface area contributed by atoms with Crippen molar-refractivity contribution in [3.63, 3.8) is 0 Å². The Morgan fingerprint density at radius 3 is 1.83 bits per heavy atom. The molecule has 3 aromatic carbocycles. The van der Waals surface area contributed by atoms with Crippen LogP contribution >= 0.6 is 0 Å². The topological polar surface area (TPSA) is 65.6 Å². The molecule has 0 saturated heterocycles. The average molecular weight is 460 g/mol. The van der Waals surface area contributed by atoms with Crippen LogP contribution in [-0.2, 0) is 0 Å². The molecule has 172 valence electrons. The fraction of sp³-hybridized carbons (Fsp3) is 0.172. The summed E-state index contributed by atoms with van der Waals surface area (Å²) in [5.74, 6) is 1.22. The molecule has 0 saturated carbocycles. The Labute approximate surface area is 202 Å². The van der Waals surface area contributed by atoms with E-state index in [9.17, 15) is 4.79 Å². The van der Waals surface area contributed by atoms with Crippen LogP contribution in [-0.4, -0.2) is 29.9 Å². The van der Waals surface area contributed by atoms with E-state index < -0.39 is 0 Å². The van der Waals surface area contributed by atoms with Gasteiger partial charge in [-0.25, -0.2) is 15.0 Å². The number of para-hydroxylation sites is 2. The van der Waals surface area contributed by atoms with Crippen molar-refractivity contribution >= 4 is 38.8 Å². The summed E-state index contributed by atoms with van der Waals surface area (Å²) in [6.07, 6.45) is 0. The number of nitrogens with zero attached hydrogens (tertiary/aromatic N) is 5. The molecule has 0 aliphatic rings. The number of aryl methyl sites for hydroxylation is 4. The largest absolute Gasteiger partial charge is 0.309 e. The van der Waals surface area contributed by atoms with Gasteiger partial charge in [-0.3, -0.25) is 9.36 Å². The maximum absolute atomic E-state index is 12.2.